The zero-order valence-electron chi connectivity index (χ0n) is 9.60. The summed E-state index contributed by atoms with van der Waals surface area (Å²) in [5, 5.41) is 2.83. The molecule has 1 amide bonds. The lowest BCUT2D eigenvalue weighted by Gasteiger charge is -2.04. The number of amides is 1. The molecular formula is C12H14N4O. The lowest BCUT2D eigenvalue weighted by Crippen LogP contribution is -2.25. The van der Waals surface area contributed by atoms with Gasteiger partial charge in [0.15, 0.2) is 0 Å². The molecule has 5 heteroatoms. The highest BCUT2D eigenvalue weighted by atomic mass is 16.1. The van der Waals surface area contributed by atoms with Crippen LogP contribution in [0.4, 0.5) is 0 Å². The Morgan fingerprint density at radius 1 is 1.41 bits per heavy atom. The first-order valence-electron chi connectivity index (χ1n) is 5.44. The van der Waals surface area contributed by atoms with Crippen molar-refractivity contribution in [3.05, 3.63) is 47.8 Å². The van der Waals surface area contributed by atoms with Crippen molar-refractivity contribution in [1.82, 2.24) is 20.3 Å². The number of aromatic nitrogens is 3. The maximum Gasteiger partial charge on any atom is 0.252 e. The molecule has 0 fully saturated rings. The summed E-state index contributed by atoms with van der Waals surface area (Å²) < 4.78 is 0. The van der Waals surface area contributed by atoms with Crippen LogP contribution >= 0.6 is 0 Å². The number of nitrogens with one attached hydrogen (secondary N) is 2. The van der Waals surface area contributed by atoms with Crippen molar-refractivity contribution in [3.63, 3.8) is 0 Å². The minimum absolute atomic E-state index is 0.1000. The SMILES string of the molecule is Cc1ccc(C(=O)NCCc2cnc[nH]2)cn1. The Balaban J connectivity index is 1.83. The molecule has 2 aromatic rings. The number of H-pyrrole nitrogens is 1. The van der Waals surface area contributed by atoms with Crippen molar-refractivity contribution >= 4 is 5.91 Å². The highest BCUT2D eigenvalue weighted by Crippen LogP contribution is 1.99. The molecule has 0 aliphatic carbocycles. The number of pyridine rings is 1. The zero-order chi connectivity index (χ0) is 12.1. The summed E-state index contributed by atoms with van der Waals surface area (Å²) in [7, 11) is 0. The third kappa shape index (κ3) is 3.14. The second kappa shape index (κ2) is 5.25. The number of hydrogen-bond donors (Lipinski definition) is 2. The average Bonchev–Trinajstić information content (AvgIpc) is 2.83. The molecule has 0 aliphatic rings. The van der Waals surface area contributed by atoms with E-state index in [1.165, 1.54) is 0 Å². The molecule has 2 heterocycles. The van der Waals surface area contributed by atoms with E-state index in [1.54, 1.807) is 24.8 Å². The fourth-order valence-electron chi connectivity index (χ4n) is 1.44. The van der Waals surface area contributed by atoms with E-state index in [0.29, 0.717) is 12.1 Å². The van der Waals surface area contributed by atoms with Crippen LogP contribution in [0.3, 0.4) is 0 Å². The predicted molar refractivity (Wildman–Crippen MR) is 63.6 cm³/mol. The molecule has 0 aliphatic heterocycles. The molecule has 0 aromatic carbocycles. The first kappa shape index (κ1) is 11.3. The molecule has 0 saturated heterocycles. The molecule has 0 bridgehead atoms. The van der Waals surface area contributed by atoms with Crippen LogP contribution < -0.4 is 5.32 Å². The van der Waals surface area contributed by atoms with Crippen LogP contribution in [0.2, 0.25) is 0 Å². The van der Waals surface area contributed by atoms with E-state index in [2.05, 4.69) is 20.3 Å². The molecule has 2 N–H and O–H groups in total. The number of carbonyl (C=O) groups excluding carboxylic acids is 1. The van der Waals surface area contributed by atoms with Crippen LogP contribution in [0, 0.1) is 6.92 Å². The van der Waals surface area contributed by atoms with Gasteiger partial charge in [-0.15, -0.1) is 0 Å². The Hall–Kier alpha value is -2.17. The van der Waals surface area contributed by atoms with E-state index in [1.807, 2.05) is 13.0 Å². The minimum Gasteiger partial charge on any atom is -0.352 e. The van der Waals surface area contributed by atoms with E-state index >= 15 is 0 Å². The summed E-state index contributed by atoms with van der Waals surface area (Å²) in [4.78, 5) is 22.7. The molecule has 2 rings (SSSR count). The smallest absolute Gasteiger partial charge is 0.252 e. The van der Waals surface area contributed by atoms with Crippen LogP contribution in [-0.2, 0) is 6.42 Å². The van der Waals surface area contributed by atoms with Gasteiger partial charge in [0.25, 0.3) is 5.91 Å². The highest BCUT2D eigenvalue weighted by Gasteiger charge is 2.04. The fraction of sp³-hybridized carbons (Fsp3) is 0.250. The first-order chi connectivity index (χ1) is 8.25. The number of rotatable bonds is 4. The summed E-state index contributed by atoms with van der Waals surface area (Å²) in [6.45, 7) is 2.47. The van der Waals surface area contributed by atoms with Gasteiger partial charge in [-0.3, -0.25) is 9.78 Å². The van der Waals surface area contributed by atoms with Gasteiger partial charge in [-0.1, -0.05) is 0 Å². The summed E-state index contributed by atoms with van der Waals surface area (Å²) in [6.07, 6.45) is 5.70. The van der Waals surface area contributed by atoms with Crippen LogP contribution in [0.1, 0.15) is 21.7 Å². The Kier molecular flexibility index (Phi) is 3.49. The van der Waals surface area contributed by atoms with Gasteiger partial charge in [-0.05, 0) is 19.1 Å². The zero-order valence-corrected chi connectivity index (χ0v) is 9.60. The second-order valence-electron chi connectivity index (χ2n) is 3.77. The average molecular weight is 230 g/mol. The molecule has 0 atom stereocenters. The van der Waals surface area contributed by atoms with E-state index in [9.17, 15) is 4.79 Å². The van der Waals surface area contributed by atoms with Gasteiger partial charge >= 0.3 is 0 Å². The van der Waals surface area contributed by atoms with Gasteiger partial charge in [-0.2, -0.15) is 0 Å². The van der Waals surface area contributed by atoms with Crippen molar-refractivity contribution in [2.75, 3.05) is 6.54 Å². The molecule has 5 nitrogen and oxygen atoms in total. The Labute approximate surface area is 99.3 Å². The van der Waals surface area contributed by atoms with Crippen molar-refractivity contribution in [3.8, 4) is 0 Å². The number of nitrogens with zero attached hydrogens (tertiary/aromatic N) is 2. The number of hydrogen-bond acceptors (Lipinski definition) is 3. The quantitative estimate of drug-likeness (QED) is 0.825. The molecule has 2 aromatic heterocycles. The second-order valence-corrected chi connectivity index (χ2v) is 3.77. The van der Waals surface area contributed by atoms with Crippen LogP contribution in [0.5, 0.6) is 0 Å². The summed E-state index contributed by atoms with van der Waals surface area (Å²) in [5.41, 5.74) is 2.49. The summed E-state index contributed by atoms with van der Waals surface area (Å²) in [5.74, 6) is -0.1000. The van der Waals surface area contributed by atoms with Crippen molar-refractivity contribution in [2.24, 2.45) is 0 Å². The Morgan fingerprint density at radius 2 is 2.29 bits per heavy atom. The van der Waals surface area contributed by atoms with E-state index in [4.69, 9.17) is 0 Å². The van der Waals surface area contributed by atoms with Gasteiger partial charge in [-0.25, -0.2) is 4.98 Å². The first-order valence-corrected chi connectivity index (χ1v) is 5.44. The topological polar surface area (TPSA) is 70.7 Å². The number of aromatic amines is 1. The third-order valence-corrected chi connectivity index (χ3v) is 2.41. The normalized spacial score (nSPS) is 10.2. The van der Waals surface area contributed by atoms with Crippen molar-refractivity contribution in [1.29, 1.82) is 0 Å². The Morgan fingerprint density at radius 3 is 2.94 bits per heavy atom. The maximum atomic E-state index is 11.7. The molecular weight excluding hydrogens is 216 g/mol. The Bertz CT molecular complexity index is 476. The van der Waals surface area contributed by atoms with Crippen LogP contribution in [0.15, 0.2) is 30.9 Å². The predicted octanol–water partition coefficient (Wildman–Crippen LogP) is 1.09. The van der Waals surface area contributed by atoms with E-state index in [-0.39, 0.29) is 5.91 Å². The number of imidazole rings is 1. The lowest BCUT2D eigenvalue weighted by molar-refractivity contribution is 0.0953. The monoisotopic (exact) mass is 230 g/mol. The van der Waals surface area contributed by atoms with Crippen LogP contribution in [-0.4, -0.2) is 27.4 Å². The van der Waals surface area contributed by atoms with Crippen LogP contribution in [0.25, 0.3) is 0 Å². The molecule has 0 saturated carbocycles. The summed E-state index contributed by atoms with van der Waals surface area (Å²) in [6, 6.07) is 3.59. The fourth-order valence-corrected chi connectivity index (χ4v) is 1.44. The molecule has 0 spiro atoms. The summed E-state index contributed by atoms with van der Waals surface area (Å²) >= 11 is 0. The molecule has 0 radical (unpaired) electrons. The van der Waals surface area contributed by atoms with E-state index in [0.717, 1.165) is 17.8 Å². The molecule has 17 heavy (non-hydrogen) atoms. The van der Waals surface area contributed by atoms with Crippen molar-refractivity contribution in [2.45, 2.75) is 13.3 Å². The molecule has 0 unspecified atom stereocenters. The largest absolute Gasteiger partial charge is 0.352 e. The number of aryl methyl sites for hydroxylation is 1. The third-order valence-electron chi connectivity index (χ3n) is 2.41. The highest BCUT2D eigenvalue weighted by molar-refractivity contribution is 5.93. The molecule has 88 valence electrons. The van der Waals surface area contributed by atoms with Gasteiger partial charge in [0, 0.05) is 36.7 Å². The van der Waals surface area contributed by atoms with Gasteiger partial charge in [0.2, 0.25) is 0 Å². The standard InChI is InChI=1S/C12H14N4O/c1-9-2-3-10(6-15-9)12(17)14-5-4-11-7-13-8-16-11/h2-3,6-8H,4-5H2,1H3,(H,13,16)(H,14,17). The maximum absolute atomic E-state index is 11.7. The number of carbonyl (C=O) groups is 1. The van der Waals surface area contributed by atoms with Gasteiger partial charge in [0.1, 0.15) is 0 Å². The lowest BCUT2D eigenvalue weighted by atomic mass is 10.2. The van der Waals surface area contributed by atoms with Gasteiger partial charge < -0.3 is 10.3 Å². The van der Waals surface area contributed by atoms with Crippen molar-refractivity contribution < 1.29 is 4.79 Å². The van der Waals surface area contributed by atoms with Gasteiger partial charge in [0.05, 0.1) is 11.9 Å². The van der Waals surface area contributed by atoms with E-state index < -0.39 is 0 Å². The minimum atomic E-state index is -0.1000.